The maximum atomic E-state index is 5.91. The van der Waals surface area contributed by atoms with E-state index in [1.165, 1.54) is 12.5 Å². The lowest BCUT2D eigenvalue weighted by molar-refractivity contribution is 0.464. The van der Waals surface area contributed by atoms with Gasteiger partial charge in [-0.2, -0.15) is 4.98 Å². The van der Waals surface area contributed by atoms with Crippen LogP contribution in [-0.4, -0.2) is 9.97 Å². The number of aromatic nitrogens is 2. The zero-order valence-corrected chi connectivity index (χ0v) is 9.40. The lowest BCUT2D eigenvalue weighted by atomic mass is 10.2. The minimum atomic E-state index is 0.344. The Morgan fingerprint density at radius 1 is 1.38 bits per heavy atom. The van der Waals surface area contributed by atoms with Gasteiger partial charge in [-0.05, 0) is 30.7 Å². The van der Waals surface area contributed by atoms with Gasteiger partial charge in [-0.1, -0.05) is 11.6 Å². The first-order chi connectivity index (χ1) is 7.66. The minimum absolute atomic E-state index is 0.344. The molecule has 2 rings (SSSR count). The highest BCUT2D eigenvalue weighted by Gasteiger charge is 2.04. The highest BCUT2D eigenvalue weighted by Crippen LogP contribution is 2.27. The van der Waals surface area contributed by atoms with Crippen molar-refractivity contribution in [3.8, 4) is 11.6 Å². The summed E-state index contributed by atoms with van der Waals surface area (Å²) in [5.41, 5.74) is 7.00. The van der Waals surface area contributed by atoms with Gasteiger partial charge in [-0.3, -0.25) is 0 Å². The first-order valence-corrected chi connectivity index (χ1v) is 5.04. The van der Waals surface area contributed by atoms with Crippen molar-refractivity contribution < 1.29 is 4.74 Å². The number of nitrogen functional groups attached to an aromatic ring is 1. The van der Waals surface area contributed by atoms with Crippen molar-refractivity contribution in [1.82, 2.24) is 9.97 Å². The number of anilines is 1. The van der Waals surface area contributed by atoms with E-state index in [9.17, 15) is 0 Å². The van der Waals surface area contributed by atoms with Crippen molar-refractivity contribution in [2.24, 2.45) is 0 Å². The first kappa shape index (κ1) is 10.7. The fraction of sp³-hybridized carbons (Fsp3) is 0.0909. The van der Waals surface area contributed by atoms with Crippen LogP contribution in [0.5, 0.6) is 11.6 Å². The normalized spacial score (nSPS) is 10.1. The third-order valence-electron chi connectivity index (χ3n) is 2.05. The Morgan fingerprint density at radius 3 is 2.88 bits per heavy atom. The largest absolute Gasteiger partial charge is 0.437 e. The third-order valence-corrected chi connectivity index (χ3v) is 2.47. The van der Waals surface area contributed by atoms with Crippen LogP contribution in [-0.2, 0) is 0 Å². The number of hydrogen-bond donors (Lipinski definition) is 1. The standard InChI is InChI=1S/C11H10ClN3O/c1-7-4-8(2-3-9(7)12)16-11-10(13)5-14-6-15-11/h2-6H,13H2,1H3. The van der Waals surface area contributed by atoms with Crippen LogP contribution in [0.1, 0.15) is 5.56 Å². The number of benzene rings is 1. The number of nitrogens with zero attached hydrogens (tertiary/aromatic N) is 2. The predicted molar refractivity (Wildman–Crippen MR) is 62.7 cm³/mol. The number of hydrogen-bond acceptors (Lipinski definition) is 4. The molecule has 0 spiro atoms. The van der Waals surface area contributed by atoms with Crippen molar-refractivity contribution in [2.45, 2.75) is 6.92 Å². The van der Waals surface area contributed by atoms with Gasteiger partial charge in [0.15, 0.2) is 0 Å². The summed E-state index contributed by atoms with van der Waals surface area (Å²) in [5, 5.41) is 0.697. The van der Waals surface area contributed by atoms with Crippen LogP contribution in [0.2, 0.25) is 5.02 Å². The molecule has 16 heavy (non-hydrogen) atoms. The maximum Gasteiger partial charge on any atom is 0.245 e. The van der Waals surface area contributed by atoms with Crippen molar-refractivity contribution in [3.05, 3.63) is 41.3 Å². The van der Waals surface area contributed by atoms with E-state index in [2.05, 4.69) is 9.97 Å². The van der Waals surface area contributed by atoms with E-state index < -0.39 is 0 Å². The summed E-state index contributed by atoms with van der Waals surface area (Å²) in [6.45, 7) is 1.90. The van der Waals surface area contributed by atoms with Crippen LogP contribution in [0.4, 0.5) is 5.69 Å². The molecule has 0 unspecified atom stereocenters. The molecule has 0 aliphatic rings. The summed E-state index contributed by atoms with van der Waals surface area (Å²) >= 11 is 5.91. The van der Waals surface area contributed by atoms with E-state index in [4.69, 9.17) is 22.1 Å². The second-order valence-corrected chi connectivity index (χ2v) is 3.70. The molecule has 1 heterocycles. The minimum Gasteiger partial charge on any atom is -0.437 e. The Hall–Kier alpha value is -1.81. The summed E-state index contributed by atoms with van der Waals surface area (Å²) in [7, 11) is 0. The summed E-state index contributed by atoms with van der Waals surface area (Å²) in [6, 6.07) is 5.35. The van der Waals surface area contributed by atoms with Crippen LogP contribution < -0.4 is 10.5 Å². The van der Waals surface area contributed by atoms with Gasteiger partial charge in [0, 0.05) is 5.02 Å². The molecule has 0 saturated heterocycles. The van der Waals surface area contributed by atoms with Gasteiger partial charge in [0.2, 0.25) is 5.88 Å². The molecule has 0 fully saturated rings. The number of aryl methyl sites for hydroxylation is 1. The van der Waals surface area contributed by atoms with Crippen LogP contribution in [0.25, 0.3) is 0 Å². The van der Waals surface area contributed by atoms with Crippen LogP contribution in [0.3, 0.4) is 0 Å². The Morgan fingerprint density at radius 2 is 2.19 bits per heavy atom. The summed E-state index contributed by atoms with van der Waals surface area (Å²) in [6.07, 6.45) is 2.87. The zero-order chi connectivity index (χ0) is 11.5. The Labute approximate surface area is 98.0 Å². The topological polar surface area (TPSA) is 61.0 Å². The van der Waals surface area contributed by atoms with Crippen LogP contribution >= 0.6 is 11.6 Å². The van der Waals surface area contributed by atoms with E-state index in [1.807, 2.05) is 13.0 Å². The molecule has 1 aromatic carbocycles. The highest BCUT2D eigenvalue weighted by atomic mass is 35.5. The molecule has 0 amide bonds. The van der Waals surface area contributed by atoms with Gasteiger partial charge in [-0.15, -0.1) is 0 Å². The van der Waals surface area contributed by atoms with Gasteiger partial charge in [0.1, 0.15) is 17.8 Å². The van der Waals surface area contributed by atoms with Crippen molar-refractivity contribution in [2.75, 3.05) is 5.73 Å². The lowest BCUT2D eigenvalue weighted by Crippen LogP contribution is -1.95. The second kappa shape index (κ2) is 4.37. The van der Waals surface area contributed by atoms with Crippen LogP contribution in [0.15, 0.2) is 30.7 Å². The number of nitrogens with two attached hydrogens (primary N) is 1. The molecule has 82 valence electrons. The monoisotopic (exact) mass is 235 g/mol. The molecular formula is C11H10ClN3O. The molecule has 0 radical (unpaired) electrons. The van der Waals surface area contributed by atoms with Gasteiger partial charge in [0.05, 0.1) is 6.20 Å². The molecule has 0 aliphatic heterocycles. The second-order valence-electron chi connectivity index (χ2n) is 3.30. The third kappa shape index (κ3) is 2.23. The van der Waals surface area contributed by atoms with Crippen molar-refractivity contribution in [3.63, 3.8) is 0 Å². The molecular weight excluding hydrogens is 226 g/mol. The van der Waals surface area contributed by atoms with E-state index >= 15 is 0 Å². The van der Waals surface area contributed by atoms with E-state index in [-0.39, 0.29) is 0 Å². The van der Waals surface area contributed by atoms with Crippen molar-refractivity contribution in [1.29, 1.82) is 0 Å². The first-order valence-electron chi connectivity index (χ1n) is 4.66. The van der Waals surface area contributed by atoms with E-state index in [0.717, 1.165) is 5.56 Å². The SMILES string of the molecule is Cc1cc(Oc2ncncc2N)ccc1Cl. The maximum absolute atomic E-state index is 5.91. The zero-order valence-electron chi connectivity index (χ0n) is 8.64. The lowest BCUT2D eigenvalue weighted by Gasteiger charge is -2.07. The molecule has 0 saturated carbocycles. The Balaban J connectivity index is 2.28. The smallest absolute Gasteiger partial charge is 0.245 e. The molecule has 0 aliphatic carbocycles. The molecule has 4 nitrogen and oxygen atoms in total. The van der Waals surface area contributed by atoms with Gasteiger partial charge < -0.3 is 10.5 Å². The number of rotatable bonds is 2. The highest BCUT2D eigenvalue weighted by molar-refractivity contribution is 6.31. The average Bonchev–Trinajstić information content (AvgIpc) is 2.27. The molecule has 0 atom stereocenters. The van der Waals surface area contributed by atoms with Crippen molar-refractivity contribution >= 4 is 17.3 Å². The average molecular weight is 236 g/mol. The van der Waals surface area contributed by atoms with Crippen LogP contribution in [0, 0.1) is 6.92 Å². The molecule has 2 aromatic rings. The molecule has 0 bridgehead atoms. The molecule has 5 heteroatoms. The fourth-order valence-electron chi connectivity index (χ4n) is 1.21. The van der Waals surface area contributed by atoms with Gasteiger partial charge in [-0.25, -0.2) is 4.98 Å². The molecule has 1 aromatic heterocycles. The van der Waals surface area contributed by atoms with E-state index in [1.54, 1.807) is 12.1 Å². The van der Waals surface area contributed by atoms with Gasteiger partial charge >= 0.3 is 0 Å². The Bertz CT molecular complexity index is 516. The summed E-state index contributed by atoms with van der Waals surface area (Å²) in [5.74, 6) is 0.990. The molecule has 2 N–H and O–H groups in total. The summed E-state index contributed by atoms with van der Waals surface area (Å²) < 4.78 is 5.51. The number of halogens is 1. The summed E-state index contributed by atoms with van der Waals surface area (Å²) in [4.78, 5) is 7.72. The number of ether oxygens (including phenoxy) is 1. The van der Waals surface area contributed by atoms with E-state index in [0.29, 0.717) is 22.3 Å². The Kier molecular flexibility index (Phi) is 2.92. The fourth-order valence-corrected chi connectivity index (χ4v) is 1.32. The predicted octanol–water partition coefficient (Wildman–Crippen LogP) is 2.81. The quantitative estimate of drug-likeness (QED) is 0.870. The van der Waals surface area contributed by atoms with Gasteiger partial charge in [0.25, 0.3) is 0 Å².